The molecule has 0 aromatic carbocycles. The van der Waals surface area contributed by atoms with E-state index in [0.29, 0.717) is 24.5 Å². The van der Waals surface area contributed by atoms with Gasteiger partial charge in [0.25, 0.3) is 0 Å². The van der Waals surface area contributed by atoms with Gasteiger partial charge >= 0.3 is 0 Å². The van der Waals surface area contributed by atoms with Gasteiger partial charge in [-0.25, -0.2) is 0 Å². The van der Waals surface area contributed by atoms with Crippen molar-refractivity contribution in [2.24, 2.45) is 16.8 Å². The maximum atomic E-state index is 13.0. The van der Waals surface area contributed by atoms with E-state index >= 15 is 0 Å². The lowest BCUT2D eigenvalue weighted by molar-refractivity contribution is -0.121. The molecular weight excluding hydrogens is 398 g/mol. The van der Waals surface area contributed by atoms with Gasteiger partial charge in [-0.2, -0.15) is 0 Å². The van der Waals surface area contributed by atoms with Crippen LogP contribution in [0, 0.1) is 10.8 Å². The number of aromatic nitrogens is 1. The molecule has 2 atom stereocenters. The van der Waals surface area contributed by atoms with Crippen LogP contribution in [0.4, 0.5) is 5.69 Å². The Morgan fingerprint density at radius 3 is 2.76 bits per heavy atom. The van der Waals surface area contributed by atoms with Crippen LogP contribution in [0.1, 0.15) is 19.3 Å². The molecule has 0 radical (unpaired) electrons. The van der Waals surface area contributed by atoms with Crippen LogP contribution in [0.5, 0.6) is 5.75 Å². The summed E-state index contributed by atoms with van der Waals surface area (Å²) in [5.41, 5.74) is 6.51. The van der Waals surface area contributed by atoms with E-state index < -0.39 is 24.2 Å². The molecule has 2 saturated heterocycles. The monoisotopic (exact) mass is 423 g/mol. The fraction of sp³-hybridized carbons (Fsp3) is 0.667. The minimum atomic E-state index is -1.22. The van der Waals surface area contributed by atoms with E-state index in [-0.39, 0.29) is 17.0 Å². The van der Waals surface area contributed by atoms with Gasteiger partial charge in [0, 0.05) is 43.7 Å². The number of hydrogen-bond donors (Lipinski definition) is 5. The molecule has 1 aliphatic carbocycles. The van der Waals surface area contributed by atoms with Crippen LogP contribution in [0.2, 0.25) is 0 Å². The Balaban J connectivity index is 1.42. The van der Waals surface area contributed by atoms with Crippen molar-refractivity contribution in [2.45, 2.75) is 48.6 Å². The average Bonchev–Trinajstić information content (AvgIpc) is 2.65. The van der Waals surface area contributed by atoms with E-state index in [1.54, 1.807) is 12.3 Å². The summed E-state index contributed by atoms with van der Waals surface area (Å²) in [5.74, 6) is -0.820. The number of alkyl halides is 1. The van der Waals surface area contributed by atoms with Gasteiger partial charge in [0.15, 0.2) is 6.17 Å². The van der Waals surface area contributed by atoms with Gasteiger partial charge in [0.2, 0.25) is 5.91 Å². The number of amides is 1. The Hall–Kier alpha value is -1.85. The number of carbonyl (C=O) groups excluding carboxylic acids is 1. The van der Waals surface area contributed by atoms with Crippen molar-refractivity contribution in [1.29, 1.82) is 0 Å². The maximum Gasteiger partial charge on any atom is 0.234 e. The Bertz CT molecular complexity index is 747. The number of nitroso groups, excluding NO2 is 1. The molecule has 2 unspecified atom stereocenters. The Morgan fingerprint density at radius 2 is 2.14 bits per heavy atom. The van der Waals surface area contributed by atoms with Crippen molar-refractivity contribution in [3.8, 4) is 5.75 Å². The molecule has 1 aromatic rings. The van der Waals surface area contributed by atoms with Crippen molar-refractivity contribution in [3.05, 3.63) is 23.4 Å². The third kappa shape index (κ3) is 4.36. The number of pyridine rings is 1. The highest BCUT2D eigenvalue weighted by molar-refractivity contribution is 6.21. The highest BCUT2D eigenvalue weighted by atomic mass is 35.5. The van der Waals surface area contributed by atoms with Crippen LogP contribution in [0.15, 0.2) is 23.6 Å². The van der Waals surface area contributed by atoms with Crippen molar-refractivity contribution in [1.82, 2.24) is 20.9 Å². The Labute approximate surface area is 173 Å². The number of nitrogens with zero attached hydrogens (tertiary/aromatic N) is 2. The number of halogens is 1. The standard InChI is InChI=1S/C18H26ClN7O3/c19-10-7-22-16(23-8-10)14(15(20)26-28)17(27)25-12-9-21-3-1-13(12)29-11-5-18(6-11)2-4-24-18/h1,3,9-11,14-16,22-24H,2,4-8,20H2,(H,25,27)/t10?,11-,14?,15?,16?,18+. The third-order valence-corrected chi connectivity index (χ3v) is 6.25. The van der Waals surface area contributed by atoms with Gasteiger partial charge in [-0.3, -0.25) is 20.4 Å². The number of hydrogen-bond acceptors (Lipinski definition) is 9. The van der Waals surface area contributed by atoms with Gasteiger partial charge in [0.05, 0.1) is 17.7 Å². The molecule has 1 spiro atoms. The molecule has 3 heterocycles. The number of nitrogens with two attached hydrogens (primary N) is 1. The number of ether oxygens (including phenoxy) is 1. The zero-order valence-electron chi connectivity index (χ0n) is 15.9. The summed E-state index contributed by atoms with van der Waals surface area (Å²) in [6.07, 6.45) is 4.56. The predicted octanol–water partition coefficient (Wildman–Crippen LogP) is 0.0871. The number of nitrogens with one attached hydrogen (secondary N) is 4. The summed E-state index contributed by atoms with van der Waals surface area (Å²) >= 11 is 6.06. The third-order valence-electron chi connectivity index (χ3n) is 5.94. The molecule has 29 heavy (non-hydrogen) atoms. The largest absolute Gasteiger partial charge is 0.488 e. The second kappa shape index (κ2) is 8.49. The molecule has 10 nitrogen and oxygen atoms in total. The lowest BCUT2D eigenvalue weighted by atomic mass is 9.68. The van der Waals surface area contributed by atoms with Crippen molar-refractivity contribution >= 4 is 23.2 Å². The quantitative estimate of drug-likeness (QED) is 0.306. The van der Waals surface area contributed by atoms with Crippen LogP contribution in [0.25, 0.3) is 0 Å². The van der Waals surface area contributed by atoms with E-state index in [1.807, 2.05) is 0 Å². The van der Waals surface area contributed by atoms with Gasteiger partial charge in [0.1, 0.15) is 23.5 Å². The van der Waals surface area contributed by atoms with Gasteiger partial charge < -0.3 is 21.1 Å². The molecule has 6 N–H and O–H groups in total. The minimum absolute atomic E-state index is 0.0953. The second-order valence-electron chi connectivity index (χ2n) is 7.98. The molecule has 1 amide bonds. The molecule has 158 valence electrons. The molecule has 3 aliphatic rings. The van der Waals surface area contributed by atoms with Crippen LogP contribution >= 0.6 is 11.6 Å². The van der Waals surface area contributed by atoms with Gasteiger partial charge in [-0.1, -0.05) is 5.18 Å². The molecule has 2 aliphatic heterocycles. The first kappa shape index (κ1) is 20.4. The summed E-state index contributed by atoms with van der Waals surface area (Å²) in [6, 6.07) is 1.72. The van der Waals surface area contributed by atoms with Crippen LogP contribution in [0.3, 0.4) is 0 Å². The summed E-state index contributed by atoms with van der Waals surface area (Å²) < 4.78 is 6.08. The summed E-state index contributed by atoms with van der Waals surface area (Å²) in [6.45, 7) is 2.05. The van der Waals surface area contributed by atoms with Crippen LogP contribution < -0.4 is 31.7 Å². The SMILES string of the molecule is NC(N=O)C(C(=O)Nc1cnccc1O[C@H]1C[C@]2(CCN2)C1)C1NCC(Cl)CN1. The van der Waals surface area contributed by atoms with E-state index in [9.17, 15) is 9.70 Å². The minimum Gasteiger partial charge on any atom is -0.488 e. The molecule has 3 fully saturated rings. The van der Waals surface area contributed by atoms with Gasteiger partial charge in [-0.05, 0) is 13.0 Å². The van der Waals surface area contributed by atoms with Crippen molar-refractivity contribution < 1.29 is 9.53 Å². The number of carbonyl (C=O) groups is 1. The first-order chi connectivity index (χ1) is 14.0. The summed E-state index contributed by atoms with van der Waals surface area (Å²) in [4.78, 5) is 28.1. The molecular formula is C18H26ClN7O3. The van der Waals surface area contributed by atoms with E-state index in [0.717, 1.165) is 19.4 Å². The fourth-order valence-electron chi connectivity index (χ4n) is 4.17. The maximum absolute atomic E-state index is 13.0. The normalized spacial score (nSPS) is 33.1. The fourth-order valence-corrected chi connectivity index (χ4v) is 4.35. The predicted molar refractivity (Wildman–Crippen MR) is 109 cm³/mol. The van der Waals surface area contributed by atoms with E-state index in [4.69, 9.17) is 22.1 Å². The lowest BCUT2D eigenvalue weighted by Crippen LogP contribution is -2.67. The molecule has 11 heteroatoms. The van der Waals surface area contributed by atoms with Crippen LogP contribution in [-0.4, -0.2) is 59.9 Å². The first-order valence-electron chi connectivity index (χ1n) is 9.85. The zero-order valence-corrected chi connectivity index (χ0v) is 16.7. The highest BCUT2D eigenvalue weighted by Crippen LogP contribution is 2.42. The molecule has 4 rings (SSSR count). The highest BCUT2D eigenvalue weighted by Gasteiger charge is 2.49. The average molecular weight is 424 g/mol. The molecule has 1 saturated carbocycles. The van der Waals surface area contributed by atoms with Crippen molar-refractivity contribution in [3.63, 3.8) is 0 Å². The Kier molecular flexibility index (Phi) is 5.98. The smallest absolute Gasteiger partial charge is 0.234 e. The summed E-state index contributed by atoms with van der Waals surface area (Å²) in [5, 5.41) is 15.2. The lowest BCUT2D eigenvalue weighted by Gasteiger charge is -2.54. The molecule has 1 aromatic heterocycles. The topological polar surface area (TPSA) is 143 Å². The number of anilines is 1. The van der Waals surface area contributed by atoms with E-state index in [2.05, 4.69) is 31.4 Å². The van der Waals surface area contributed by atoms with Gasteiger partial charge in [-0.15, -0.1) is 16.5 Å². The van der Waals surface area contributed by atoms with Crippen molar-refractivity contribution in [2.75, 3.05) is 25.0 Å². The first-order valence-corrected chi connectivity index (χ1v) is 10.3. The molecule has 0 bridgehead atoms. The van der Waals surface area contributed by atoms with E-state index in [1.165, 1.54) is 12.6 Å². The second-order valence-corrected chi connectivity index (χ2v) is 8.60. The number of rotatable bonds is 7. The summed E-state index contributed by atoms with van der Waals surface area (Å²) in [7, 11) is 0. The van der Waals surface area contributed by atoms with Crippen LogP contribution in [-0.2, 0) is 4.79 Å². The zero-order chi connectivity index (χ0) is 20.4. The Morgan fingerprint density at radius 1 is 1.41 bits per heavy atom.